The predicted molar refractivity (Wildman–Crippen MR) is 63.5 cm³/mol. The molecular formula is C12H15F2NS. The Hall–Kier alpha value is -0.610. The van der Waals surface area contributed by atoms with Crippen molar-refractivity contribution in [2.45, 2.75) is 13.0 Å². The Morgan fingerprint density at radius 2 is 2.25 bits per heavy atom. The molecule has 0 radical (unpaired) electrons. The van der Waals surface area contributed by atoms with Gasteiger partial charge in [0.05, 0.1) is 0 Å². The van der Waals surface area contributed by atoms with E-state index in [2.05, 4.69) is 5.32 Å². The molecule has 1 unspecified atom stereocenters. The highest BCUT2D eigenvalue weighted by Crippen LogP contribution is 2.22. The van der Waals surface area contributed by atoms with E-state index in [1.165, 1.54) is 30.1 Å². The summed E-state index contributed by atoms with van der Waals surface area (Å²) < 4.78 is 25.9. The molecule has 2 rings (SSSR count). The number of halogens is 2. The highest BCUT2D eigenvalue weighted by atomic mass is 32.2. The number of nitrogens with one attached hydrogen (secondary N) is 1. The Kier molecular flexibility index (Phi) is 4.18. The molecule has 16 heavy (non-hydrogen) atoms. The average molecular weight is 243 g/mol. The lowest BCUT2D eigenvalue weighted by molar-refractivity contribution is 0.509. The zero-order chi connectivity index (χ0) is 11.4. The van der Waals surface area contributed by atoms with Gasteiger partial charge in [-0.3, -0.25) is 0 Å². The Bertz CT molecular complexity index is 351. The van der Waals surface area contributed by atoms with E-state index >= 15 is 0 Å². The predicted octanol–water partition coefficient (Wildman–Crippen LogP) is 2.81. The van der Waals surface area contributed by atoms with Gasteiger partial charge in [-0.25, -0.2) is 8.78 Å². The highest BCUT2D eigenvalue weighted by Gasteiger charge is 2.14. The van der Waals surface area contributed by atoms with Gasteiger partial charge < -0.3 is 5.32 Å². The molecule has 0 bridgehead atoms. The molecule has 1 saturated heterocycles. The first-order valence-corrected chi connectivity index (χ1v) is 6.63. The first-order chi connectivity index (χ1) is 7.75. The zero-order valence-corrected chi connectivity index (χ0v) is 9.83. The van der Waals surface area contributed by atoms with E-state index in [0.29, 0.717) is 18.0 Å². The lowest BCUT2D eigenvalue weighted by Gasteiger charge is -2.10. The standard InChI is InChI=1S/C12H15F2NS/c13-11-2-1-10(12(14)5-11)7-15-6-9-3-4-16-8-9/h1-2,5,9,15H,3-4,6-8H2. The molecule has 1 aromatic rings. The molecule has 1 aliphatic rings. The van der Waals surface area contributed by atoms with Gasteiger partial charge in [0.25, 0.3) is 0 Å². The van der Waals surface area contributed by atoms with Gasteiger partial charge in [-0.1, -0.05) is 6.07 Å². The van der Waals surface area contributed by atoms with Crippen LogP contribution >= 0.6 is 11.8 Å². The van der Waals surface area contributed by atoms with E-state index < -0.39 is 11.6 Å². The molecule has 1 aromatic carbocycles. The Morgan fingerprint density at radius 1 is 1.38 bits per heavy atom. The minimum atomic E-state index is -0.520. The van der Waals surface area contributed by atoms with E-state index in [4.69, 9.17) is 0 Å². The second kappa shape index (κ2) is 5.64. The molecule has 0 amide bonds. The zero-order valence-electron chi connectivity index (χ0n) is 9.01. The third kappa shape index (κ3) is 3.19. The molecule has 4 heteroatoms. The Morgan fingerprint density at radius 3 is 2.94 bits per heavy atom. The lowest BCUT2D eigenvalue weighted by atomic mass is 10.1. The van der Waals surface area contributed by atoms with Crippen molar-refractivity contribution >= 4 is 11.8 Å². The van der Waals surface area contributed by atoms with Crippen LogP contribution < -0.4 is 5.32 Å². The minimum absolute atomic E-state index is 0.465. The summed E-state index contributed by atoms with van der Waals surface area (Å²) in [5, 5.41) is 3.23. The van der Waals surface area contributed by atoms with Crippen LogP contribution in [0.25, 0.3) is 0 Å². The third-order valence-electron chi connectivity index (χ3n) is 2.79. The number of hydrogen-bond donors (Lipinski definition) is 1. The van der Waals surface area contributed by atoms with Crippen LogP contribution in [0, 0.1) is 17.6 Å². The third-order valence-corrected chi connectivity index (χ3v) is 4.02. The van der Waals surface area contributed by atoms with E-state index in [0.717, 1.165) is 12.6 Å². The van der Waals surface area contributed by atoms with Gasteiger partial charge in [0, 0.05) is 18.2 Å². The van der Waals surface area contributed by atoms with Crippen LogP contribution in [0.4, 0.5) is 8.78 Å². The molecule has 0 spiro atoms. The van der Waals surface area contributed by atoms with Crippen molar-refractivity contribution < 1.29 is 8.78 Å². The molecule has 88 valence electrons. The summed E-state index contributed by atoms with van der Waals surface area (Å²) in [5.41, 5.74) is 0.534. The van der Waals surface area contributed by atoms with Crippen LogP contribution in [-0.2, 0) is 6.54 Å². The van der Waals surface area contributed by atoms with Gasteiger partial charge >= 0.3 is 0 Å². The van der Waals surface area contributed by atoms with Crippen molar-refractivity contribution in [2.24, 2.45) is 5.92 Å². The largest absolute Gasteiger partial charge is 0.312 e. The van der Waals surface area contributed by atoms with Crippen LogP contribution in [-0.4, -0.2) is 18.1 Å². The number of benzene rings is 1. The summed E-state index contributed by atoms with van der Waals surface area (Å²) in [6.45, 7) is 1.40. The smallest absolute Gasteiger partial charge is 0.130 e. The van der Waals surface area contributed by atoms with Crippen LogP contribution in [0.15, 0.2) is 18.2 Å². The molecule has 0 aromatic heterocycles. The van der Waals surface area contributed by atoms with Crippen molar-refractivity contribution in [1.29, 1.82) is 0 Å². The first-order valence-electron chi connectivity index (χ1n) is 5.48. The second-order valence-corrected chi connectivity index (χ2v) is 5.25. The second-order valence-electron chi connectivity index (χ2n) is 4.10. The van der Waals surface area contributed by atoms with E-state index in [1.54, 1.807) is 0 Å². The summed E-state index contributed by atoms with van der Waals surface area (Å²) in [7, 11) is 0. The normalized spacial score (nSPS) is 20.2. The minimum Gasteiger partial charge on any atom is -0.312 e. The molecular weight excluding hydrogens is 228 g/mol. The number of thioether (sulfide) groups is 1. The SMILES string of the molecule is Fc1ccc(CNCC2CCSC2)c(F)c1. The molecule has 1 N–H and O–H groups in total. The van der Waals surface area contributed by atoms with Crippen LogP contribution in [0.5, 0.6) is 0 Å². The molecule has 1 nitrogen and oxygen atoms in total. The Balaban J connectivity index is 1.80. The summed E-state index contributed by atoms with van der Waals surface area (Å²) in [6.07, 6.45) is 1.24. The summed E-state index contributed by atoms with van der Waals surface area (Å²) in [4.78, 5) is 0. The van der Waals surface area contributed by atoms with E-state index in [9.17, 15) is 8.78 Å². The van der Waals surface area contributed by atoms with Gasteiger partial charge in [0.2, 0.25) is 0 Å². The number of hydrogen-bond acceptors (Lipinski definition) is 2. The summed E-state index contributed by atoms with van der Waals surface area (Å²) in [6, 6.07) is 3.73. The van der Waals surface area contributed by atoms with Crippen molar-refractivity contribution in [1.82, 2.24) is 5.32 Å². The van der Waals surface area contributed by atoms with Gasteiger partial charge in [0.1, 0.15) is 11.6 Å². The average Bonchev–Trinajstić information content (AvgIpc) is 2.74. The molecule has 1 atom stereocenters. The van der Waals surface area contributed by atoms with Crippen molar-refractivity contribution in [3.05, 3.63) is 35.4 Å². The monoisotopic (exact) mass is 243 g/mol. The van der Waals surface area contributed by atoms with E-state index in [1.807, 2.05) is 11.8 Å². The quantitative estimate of drug-likeness (QED) is 0.872. The maximum absolute atomic E-state index is 13.3. The summed E-state index contributed by atoms with van der Waals surface area (Å²) in [5.74, 6) is 2.14. The maximum atomic E-state index is 13.3. The van der Waals surface area contributed by atoms with Gasteiger partial charge in [-0.2, -0.15) is 11.8 Å². The fourth-order valence-electron chi connectivity index (χ4n) is 1.82. The first kappa shape index (κ1) is 11.9. The van der Waals surface area contributed by atoms with Gasteiger partial charge in [-0.15, -0.1) is 0 Å². The van der Waals surface area contributed by atoms with E-state index in [-0.39, 0.29) is 0 Å². The van der Waals surface area contributed by atoms with Crippen molar-refractivity contribution in [3.63, 3.8) is 0 Å². The molecule has 1 aliphatic heterocycles. The fourth-order valence-corrected chi connectivity index (χ4v) is 3.10. The van der Waals surface area contributed by atoms with Crippen LogP contribution in [0.1, 0.15) is 12.0 Å². The van der Waals surface area contributed by atoms with Crippen LogP contribution in [0.3, 0.4) is 0 Å². The molecule has 0 aliphatic carbocycles. The summed E-state index contributed by atoms with van der Waals surface area (Å²) >= 11 is 1.97. The lowest BCUT2D eigenvalue weighted by Crippen LogP contribution is -2.22. The van der Waals surface area contributed by atoms with Crippen LogP contribution in [0.2, 0.25) is 0 Å². The Labute approximate surface area is 98.6 Å². The highest BCUT2D eigenvalue weighted by molar-refractivity contribution is 7.99. The van der Waals surface area contributed by atoms with Crippen molar-refractivity contribution in [2.75, 3.05) is 18.1 Å². The molecule has 0 saturated carbocycles. The molecule has 1 fully saturated rings. The maximum Gasteiger partial charge on any atom is 0.130 e. The van der Waals surface area contributed by atoms with Gasteiger partial charge in [-0.05, 0) is 36.5 Å². The number of rotatable bonds is 4. The molecule has 1 heterocycles. The van der Waals surface area contributed by atoms with Gasteiger partial charge in [0.15, 0.2) is 0 Å². The van der Waals surface area contributed by atoms with Crippen molar-refractivity contribution in [3.8, 4) is 0 Å². The fraction of sp³-hybridized carbons (Fsp3) is 0.500. The topological polar surface area (TPSA) is 12.0 Å².